The van der Waals surface area contributed by atoms with E-state index in [9.17, 15) is 13.2 Å². The lowest BCUT2D eigenvalue weighted by Crippen LogP contribution is -2.36. The summed E-state index contributed by atoms with van der Waals surface area (Å²) in [4.78, 5) is 12.2. The highest BCUT2D eigenvalue weighted by Gasteiger charge is 2.30. The Bertz CT molecular complexity index is 999. The van der Waals surface area contributed by atoms with E-state index in [0.29, 0.717) is 5.69 Å². The van der Waals surface area contributed by atoms with Gasteiger partial charge in [0, 0.05) is 5.56 Å². The first-order chi connectivity index (χ1) is 13.0. The Labute approximate surface area is 162 Å². The first-order valence-electron chi connectivity index (χ1n) is 8.40. The monoisotopic (exact) mass is 401 g/mol. The van der Waals surface area contributed by atoms with Gasteiger partial charge < -0.3 is 4.74 Å². The number of thiophene rings is 1. The Balaban J connectivity index is 2.13. The second kappa shape index (κ2) is 8.37. The minimum atomic E-state index is -3.90. The topological polar surface area (TPSA) is 63.7 Å². The number of sulfonamides is 1. The van der Waals surface area contributed by atoms with Crippen LogP contribution in [0.1, 0.15) is 6.92 Å². The number of nitrogens with zero attached hydrogens (tertiary/aromatic N) is 1. The van der Waals surface area contributed by atoms with Gasteiger partial charge in [0.2, 0.25) is 0 Å². The lowest BCUT2D eigenvalue weighted by atomic mass is 10.0. The number of carbonyl (C=O) groups excluding carboxylic acids is 1. The summed E-state index contributed by atoms with van der Waals surface area (Å²) in [5.41, 5.74) is 2.02. The first kappa shape index (κ1) is 19.1. The smallest absolute Gasteiger partial charge is 0.326 e. The molecular weight excluding hydrogens is 382 g/mol. The van der Waals surface area contributed by atoms with Crippen molar-refractivity contribution in [3.8, 4) is 11.1 Å². The summed E-state index contributed by atoms with van der Waals surface area (Å²) in [5.74, 6) is -0.597. The fourth-order valence-electron chi connectivity index (χ4n) is 2.70. The molecule has 0 aliphatic carbocycles. The number of hydrogen-bond donors (Lipinski definition) is 0. The number of esters is 1. The van der Waals surface area contributed by atoms with E-state index in [1.165, 1.54) is 6.07 Å². The van der Waals surface area contributed by atoms with Crippen LogP contribution in [-0.2, 0) is 19.6 Å². The van der Waals surface area contributed by atoms with Crippen LogP contribution in [0.15, 0.2) is 76.3 Å². The zero-order valence-corrected chi connectivity index (χ0v) is 16.4. The summed E-state index contributed by atoms with van der Waals surface area (Å²) in [5, 5.41) is 1.69. The van der Waals surface area contributed by atoms with Gasteiger partial charge in [-0.25, -0.2) is 8.42 Å². The predicted molar refractivity (Wildman–Crippen MR) is 107 cm³/mol. The molecule has 0 fully saturated rings. The normalized spacial score (nSPS) is 11.1. The number of anilines is 1. The summed E-state index contributed by atoms with van der Waals surface area (Å²) in [6.07, 6.45) is 0. The summed E-state index contributed by atoms with van der Waals surface area (Å²) in [6.45, 7) is 1.48. The lowest BCUT2D eigenvalue weighted by molar-refractivity contribution is -0.141. The van der Waals surface area contributed by atoms with Crippen molar-refractivity contribution in [2.75, 3.05) is 17.5 Å². The van der Waals surface area contributed by atoms with E-state index in [0.717, 1.165) is 26.8 Å². The molecule has 3 aromatic rings. The quantitative estimate of drug-likeness (QED) is 0.557. The molecule has 0 bridgehead atoms. The van der Waals surface area contributed by atoms with Crippen LogP contribution in [0.2, 0.25) is 0 Å². The van der Waals surface area contributed by atoms with Crippen molar-refractivity contribution in [3.63, 3.8) is 0 Å². The number of para-hydroxylation sites is 1. The van der Waals surface area contributed by atoms with Crippen LogP contribution in [0.3, 0.4) is 0 Å². The molecule has 3 rings (SSSR count). The summed E-state index contributed by atoms with van der Waals surface area (Å²) in [7, 11) is -3.90. The highest BCUT2D eigenvalue weighted by molar-refractivity contribution is 7.94. The Hall–Kier alpha value is -2.64. The van der Waals surface area contributed by atoms with E-state index in [1.54, 1.807) is 30.5 Å². The fourth-order valence-corrected chi connectivity index (χ4v) is 5.23. The van der Waals surface area contributed by atoms with Gasteiger partial charge in [-0.2, -0.15) is 0 Å². The van der Waals surface area contributed by atoms with Gasteiger partial charge in [0.1, 0.15) is 10.8 Å². The lowest BCUT2D eigenvalue weighted by Gasteiger charge is -2.25. The molecule has 0 spiro atoms. The maximum Gasteiger partial charge on any atom is 0.326 e. The third kappa shape index (κ3) is 4.20. The zero-order chi connectivity index (χ0) is 19.3. The van der Waals surface area contributed by atoms with E-state index < -0.39 is 22.5 Å². The zero-order valence-electron chi connectivity index (χ0n) is 14.7. The largest absolute Gasteiger partial charge is 0.465 e. The summed E-state index contributed by atoms with van der Waals surface area (Å²) < 4.78 is 32.8. The maximum atomic E-state index is 13.2. The van der Waals surface area contributed by atoms with Crippen LogP contribution in [-0.4, -0.2) is 27.5 Å². The molecule has 0 aliphatic heterocycles. The molecule has 0 saturated heterocycles. The minimum Gasteiger partial charge on any atom is -0.465 e. The van der Waals surface area contributed by atoms with Crippen LogP contribution < -0.4 is 4.31 Å². The second-order valence-corrected chi connectivity index (χ2v) is 8.67. The molecule has 0 atom stereocenters. The number of rotatable bonds is 7. The average Bonchev–Trinajstić information content (AvgIpc) is 3.23. The van der Waals surface area contributed by atoms with Crippen molar-refractivity contribution in [2.24, 2.45) is 0 Å². The highest BCUT2D eigenvalue weighted by atomic mass is 32.2. The molecule has 0 saturated carbocycles. The van der Waals surface area contributed by atoms with Gasteiger partial charge in [-0.05, 0) is 30.0 Å². The van der Waals surface area contributed by atoms with Crippen molar-refractivity contribution >= 4 is 33.0 Å². The second-order valence-electron chi connectivity index (χ2n) is 5.63. The molecule has 0 N–H and O–H groups in total. The Morgan fingerprint density at radius 1 is 1.00 bits per heavy atom. The van der Waals surface area contributed by atoms with Crippen LogP contribution in [0.5, 0.6) is 0 Å². The molecule has 0 radical (unpaired) electrons. The molecule has 0 unspecified atom stereocenters. The molecule has 27 heavy (non-hydrogen) atoms. The van der Waals surface area contributed by atoms with E-state index in [2.05, 4.69) is 0 Å². The predicted octanol–water partition coefficient (Wildman–Crippen LogP) is 4.17. The Morgan fingerprint density at radius 2 is 1.70 bits per heavy atom. The van der Waals surface area contributed by atoms with Gasteiger partial charge >= 0.3 is 5.97 Å². The van der Waals surface area contributed by atoms with Crippen molar-refractivity contribution < 1.29 is 17.9 Å². The Morgan fingerprint density at radius 3 is 2.37 bits per heavy atom. The van der Waals surface area contributed by atoms with E-state index >= 15 is 0 Å². The van der Waals surface area contributed by atoms with Crippen LogP contribution >= 0.6 is 11.3 Å². The van der Waals surface area contributed by atoms with Crippen LogP contribution in [0.25, 0.3) is 11.1 Å². The molecule has 1 heterocycles. The fraction of sp³-hybridized carbons (Fsp3) is 0.150. The van der Waals surface area contributed by atoms with Gasteiger partial charge in [-0.1, -0.05) is 54.6 Å². The van der Waals surface area contributed by atoms with Gasteiger partial charge in [0.25, 0.3) is 10.0 Å². The molecule has 0 aliphatic rings. The van der Waals surface area contributed by atoms with Gasteiger partial charge in [-0.3, -0.25) is 9.10 Å². The molecule has 5 nitrogen and oxygen atoms in total. The highest BCUT2D eigenvalue weighted by Crippen LogP contribution is 2.34. The molecule has 140 valence electrons. The standard InChI is InChI=1S/C20H19NO4S2/c1-2-25-19(22)15-21(27(23,24)20-13-8-14-26-20)18-12-7-6-11-17(18)16-9-4-3-5-10-16/h3-14H,2,15H2,1H3. The molecule has 2 aromatic carbocycles. The van der Waals surface area contributed by atoms with Crippen LogP contribution in [0.4, 0.5) is 5.69 Å². The number of carbonyl (C=O) groups is 1. The van der Waals surface area contributed by atoms with E-state index in [-0.39, 0.29) is 10.8 Å². The van der Waals surface area contributed by atoms with Crippen molar-refractivity contribution in [3.05, 3.63) is 72.1 Å². The minimum absolute atomic E-state index is 0.176. The van der Waals surface area contributed by atoms with Gasteiger partial charge in [-0.15, -0.1) is 11.3 Å². The summed E-state index contributed by atoms with van der Waals surface area (Å²) >= 11 is 1.11. The maximum absolute atomic E-state index is 13.2. The first-order valence-corrected chi connectivity index (χ1v) is 10.7. The van der Waals surface area contributed by atoms with E-state index in [4.69, 9.17) is 4.74 Å². The number of ether oxygens (including phenoxy) is 1. The van der Waals surface area contributed by atoms with Gasteiger partial charge in [0.05, 0.1) is 12.3 Å². The molecular formula is C20H19NO4S2. The van der Waals surface area contributed by atoms with Crippen molar-refractivity contribution in [1.29, 1.82) is 0 Å². The SMILES string of the molecule is CCOC(=O)CN(c1ccccc1-c1ccccc1)S(=O)(=O)c1cccs1. The van der Waals surface area contributed by atoms with E-state index in [1.807, 2.05) is 42.5 Å². The number of hydrogen-bond acceptors (Lipinski definition) is 5. The average molecular weight is 402 g/mol. The third-order valence-corrected chi connectivity index (χ3v) is 7.01. The molecule has 1 aromatic heterocycles. The molecule has 0 amide bonds. The third-order valence-electron chi connectivity index (χ3n) is 3.88. The van der Waals surface area contributed by atoms with Crippen LogP contribution in [0, 0.1) is 0 Å². The Kier molecular flexibility index (Phi) is 5.93. The van der Waals surface area contributed by atoms with Crippen molar-refractivity contribution in [2.45, 2.75) is 11.1 Å². The molecule has 7 heteroatoms. The summed E-state index contributed by atoms with van der Waals surface area (Å²) in [6, 6.07) is 19.8. The number of benzene rings is 2. The van der Waals surface area contributed by atoms with Crippen molar-refractivity contribution in [1.82, 2.24) is 0 Å². The van der Waals surface area contributed by atoms with Gasteiger partial charge in [0.15, 0.2) is 0 Å².